The van der Waals surface area contributed by atoms with Crippen molar-refractivity contribution in [2.24, 2.45) is 0 Å². The number of carboxylic acid groups (broad SMARTS) is 2. The molecular formula is C11H11FN4O6. The van der Waals surface area contributed by atoms with Crippen molar-refractivity contribution in [1.29, 1.82) is 0 Å². The van der Waals surface area contributed by atoms with E-state index in [1.165, 1.54) is 0 Å². The predicted octanol–water partition coefficient (Wildman–Crippen LogP) is 0.382. The molecule has 0 spiro atoms. The Morgan fingerprint density at radius 1 is 1.41 bits per heavy atom. The quantitative estimate of drug-likeness (QED) is 0.464. The lowest BCUT2D eigenvalue weighted by molar-refractivity contribution is -0.384. The van der Waals surface area contributed by atoms with E-state index in [0.717, 1.165) is 15.9 Å². The van der Waals surface area contributed by atoms with E-state index in [4.69, 9.17) is 5.11 Å². The first-order valence-corrected chi connectivity index (χ1v) is 6.08. The third kappa shape index (κ3) is 2.87. The largest absolute Gasteiger partial charge is 0.480 e. The zero-order valence-electron chi connectivity index (χ0n) is 11.0. The van der Waals surface area contributed by atoms with Gasteiger partial charge in [-0.05, 0) is 0 Å². The number of aliphatic carboxylic acids is 1. The number of carbonyl (C=O) groups is 2. The molecule has 1 aliphatic heterocycles. The molecule has 1 atom stereocenters. The smallest absolute Gasteiger partial charge is 0.407 e. The topological polar surface area (TPSA) is 137 Å². The summed E-state index contributed by atoms with van der Waals surface area (Å²) in [7, 11) is 0. The summed E-state index contributed by atoms with van der Waals surface area (Å²) >= 11 is 0. The molecule has 11 heteroatoms. The van der Waals surface area contributed by atoms with E-state index < -0.39 is 34.7 Å². The van der Waals surface area contributed by atoms with Crippen molar-refractivity contribution in [3.8, 4) is 0 Å². The van der Waals surface area contributed by atoms with Gasteiger partial charge < -0.3 is 20.0 Å². The number of aromatic nitrogens is 1. The summed E-state index contributed by atoms with van der Waals surface area (Å²) in [4.78, 5) is 37.6. The van der Waals surface area contributed by atoms with E-state index >= 15 is 0 Å². The SMILES string of the molecule is O=C(O)[C@@H]1CN(C(=O)O)CCN1c1cc(F)ncc1[N+](=O)[O-]. The molecule has 0 radical (unpaired) electrons. The van der Waals surface area contributed by atoms with Gasteiger partial charge in [0.15, 0.2) is 0 Å². The molecule has 2 heterocycles. The van der Waals surface area contributed by atoms with Gasteiger partial charge in [-0.25, -0.2) is 14.6 Å². The summed E-state index contributed by atoms with van der Waals surface area (Å²) in [6.45, 7) is -0.556. The van der Waals surface area contributed by atoms with Crippen LogP contribution in [-0.2, 0) is 4.79 Å². The van der Waals surface area contributed by atoms with Gasteiger partial charge in [-0.15, -0.1) is 0 Å². The maximum absolute atomic E-state index is 13.3. The van der Waals surface area contributed by atoms with Crippen LogP contribution < -0.4 is 4.90 Å². The number of hydrogen-bond acceptors (Lipinski definition) is 6. The molecule has 1 aromatic rings. The molecule has 10 nitrogen and oxygen atoms in total. The van der Waals surface area contributed by atoms with Crippen LogP contribution in [0.15, 0.2) is 12.3 Å². The van der Waals surface area contributed by atoms with Crippen molar-refractivity contribution in [1.82, 2.24) is 9.88 Å². The highest BCUT2D eigenvalue weighted by atomic mass is 19.1. The lowest BCUT2D eigenvalue weighted by atomic mass is 10.1. The van der Waals surface area contributed by atoms with Gasteiger partial charge in [0, 0.05) is 19.2 Å². The Hall–Kier alpha value is -2.98. The highest BCUT2D eigenvalue weighted by molar-refractivity contribution is 5.81. The Kier molecular flexibility index (Phi) is 4.06. The van der Waals surface area contributed by atoms with Crippen LogP contribution in [0.4, 0.5) is 20.6 Å². The van der Waals surface area contributed by atoms with Gasteiger partial charge in [0.25, 0.3) is 0 Å². The Bertz CT molecular complexity index is 639. The molecule has 2 N–H and O–H groups in total. The van der Waals surface area contributed by atoms with Crippen LogP contribution in [0, 0.1) is 16.1 Å². The Morgan fingerprint density at radius 3 is 2.64 bits per heavy atom. The second-order valence-electron chi connectivity index (χ2n) is 4.53. The molecule has 1 aromatic heterocycles. The molecule has 0 aliphatic carbocycles. The highest BCUT2D eigenvalue weighted by Crippen LogP contribution is 2.30. The molecule has 0 aromatic carbocycles. The van der Waals surface area contributed by atoms with Crippen LogP contribution in [0.1, 0.15) is 0 Å². The zero-order valence-corrected chi connectivity index (χ0v) is 11.0. The summed E-state index contributed by atoms with van der Waals surface area (Å²) < 4.78 is 13.3. The Balaban J connectivity index is 2.42. The van der Waals surface area contributed by atoms with Crippen LogP contribution in [0.25, 0.3) is 0 Å². The molecule has 1 aliphatic rings. The molecular weight excluding hydrogens is 303 g/mol. The average molecular weight is 314 g/mol. The second-order valence-corrected chi connectivity index (χ2v) is 4.53. The molecule has 1 amide bonds. The minimum atomic E-state index is -1.36. The molecule has 0 unspecified atom stereocenters. The van der Waals surface area contributed by atoms with Gasteiger partial charge in [0.2, 0.25) is 5.95 Å². The molecule has 0 saturated carbocycles. The average Bonchev–Trinajstić information content (AvgIpc) is 2.45. The Labute approximate surface area is 122 Å². The standard InChI is InChI=1S/C11H11FN4O6/c12-9-3-6(7(4-13-9)16(21)22)15-2-1-14(11(19)20)5-8(15)10(17)18/h3-4,8H,1-2,5H2,(H,17,18)(H,19,20)/t8-/m0/s1. The number of rotatable bonds is 3. The number of nitrogens with zero attached hydrogens (tertiary/aromatic N) is 4. The fourth-order valence-electron chi connectivity index (χ4n) is 2.24. The predicted molar refractivity (Wildman–Crippen MR) is 69.2 cm³/mol. The van der Waals surface area contributed by atoms with Gasteiger partial charge in [0.05, 0.1) is 11.5 Å². The summed E-state index contributed by atoms with van der Waals surface area (Å²) in [5, 5.41) is 29.1. The van der Waals surface area contributed by atoms with Crippen LogP contribution in [0.5, 0.6) is 0 Å². The van der Waals surface area contributed by atoms with E-state index in [9.17, 15) is 29.2 Å². The van der Waals surface area contributed by atoms with Crippen molar-refractivity contribution in [3.63, 3.8) is 0 Å². The molecule has 1 fully saturated rings. The van der Waals surface area contributed by atoms with E-state index in [1.54, 1.807) is 0 Å². The number of nitro groups is 1. The third-order valence-electron chi connectivity index (χ3n) is 3.27. The first-order valence-electron chi connectivity index (χ1n) is 6.08. The van der Waals surface area contributed by atoms with Crippen LogP contribution in [0.2, 0.25) is 0 Å². The fourth-order valence-corrected chi connectivity index (χ4v) is 2.24. The van der Waals surface area contributed by atoms with E-state index in [2.05, 4.69) is 4.98 Å². The van der Waals surface area contributed by atoms with Crippen molar-refractivity contribution in [2.45, 2.75) is 6.04 Å². The van der Waals surface area contributed by atoms with Crippen molar-refractivity contribution in [3.05, 3.63) is 28.3 Å². The first-order chi connectivity index (χ1) is 10.3. The summed E-state index contributed by atoms with van der Waals surface area (Å²) in [6.07, 6.45) is -0.589. The maximum atomic E-state index is 13.3. The Morgan fingerprint density at radius 2 is 2.09 bits per heavy atom. The molecule has 22 heavy (non-hydrogen) atoms. The van der Waals surface area contributed by atoms with Crippen molar-refractivity contribution < 1.29 is 29.1 Å². The van der Waals surface area contributed by atoms with Crippen LogP contribution in [0.3, 0.4) is 0 Å². The fraction of sp³-hybridized carbons (Fsp3) is 0.364. The lowest BCUT2D eigenvalue weighted by Crippen LogP contribution is -2.57. The van der Waals surface area contributed by atoms with E-state index in [1.807, 2.05) is 0 Å². The highest BCUT2D eigenvalue weighted by Gasteiger charge is 2.37. The maximum Gasteiger partial charge on any atom is 0.407 e. The van der Waals surface area contributed by atoms with Gasteiger partial charge in [0.1, 0.15) is 17.9 Å². The third-order valence-corrected chi connectivity index (χ3v) is 3.27. The number of piperazine rings is 1. The number of anilines is 1. The number of pyridine rings is 1. The first kappa shape index (κ1) is 15.4. The number of amides is 1. The minimum Gasteiger partial charge on any atom is -0.480 e. The number of hydrogen-bond donors (Lipinski definition) is 2. The van der Waals surface area contributed by atoms with Crippen molar-refractivity contribution in [2.75, 3.05) is 24.5 Å². The minimum absolute atomic E-state index is 0.0553. The number of carboxylic acids is 1. The van der Waals surface area contributed by atoms with Gasteiger partial charge in [-0.3, -0.25) is 10.1 Å². The second kappa shape index (κ2) is 5.79. The van der Waals surface area contributed by atoms with Gasteiger partial charge in [-0.2, -0.15) is 4.39 Å². The molecule has 1 saturated heterocycles. The van der Waals surface area contributed by atoms with Gasteiger partial charge >= 0.3 is 17.7 Å². The lowest BCUT2D eigenvalue weighted by Gasteiger charge is -2.38. The summed E-state index contributed by atoms with van der Waals surface area (Å²) in [6, 6.07) is -0.588. The van der Waals surface area contributed by atoms with Crippen LogP contribution >= 0.6 is 0 Å². The molecule has 0 bridgehead atoms. The van der Waals surface area contributed by atoms with E-state index in [-0.39, 0.29) is 25.3 Å². The molecule has 118 valence electrons. The zero-order chi connectivity index (χ0) is 16.4. The molecule has 2 rings (SSSR count). The van der Waals surface area contributed by atoms with Crippen LogP contribution in [-0.4, -0.2) is 62.8 Å². The normalized spacial score (nSPS) is 18.1. The van der Waals surface area contributed by atoms with E-state index in [0.29, 0.717) is 6.20 Å². The number of halogens is 1. The van der Waals surface area contributed by atoms with Gasteiger partial charge in [-0.1, -0.05) is 0 Å². The summed E-state index contributed by atoms with van der Waals surface area (Å²) in [5.74, 6) is -2.36. The summed E-state index contributed by atoms with van der Waals surface area (Å²) in [5.41, 5.74) is -0.786. The van der Waals surface area contributed by atoms with Crippen molar-refractivity contribution >= 4 is 23.4 Å². The monoisotopic (exact) mass is 314 g/mol.